The third-order valence-electron chi connectivity index (χ3n) is 5.18. The predicted molar refractivity (Wildman–Crippen MR) is 139 cm³/mol. The Bertz CT molecular complexity index is 756. The van der Waals surface area contributed by atoms with Gasteiger partial charge in [-0.2, -0.15) is 0 Å². The van der Waals surface area contributed by atoms with Crippen LogP contribution in [0.1, 0.15) is 20.7 Å². The van der Waals surface area contributed by atoms with Crippen LogP contribution in [0.2, 0.25) is 0 Å². The highest BCUT2D eigenvalue weighted by Gasteiger charge is 2.34. The molecule has 38 heavy (non-hydrogen) atoms. The standard InChI is InChI=1S/C27H41NO10/c1-2-8-31-10-12-33-14-16-35-18-20-37-22-23-38-21-19-36-17-15-34-13-11-32-9-7-28-26(29)24-5-3-4-6-25(24)27(28)30/h2-6H,1,7-23H2. The highest BCUT2D eigenvalue weighted by atomic mass is 16.6. The Kier molecular flexibility index (Phi) is 18.3. The summed E-state index contributed by atoms with van der Waals surface area (Å²) >= 11 is 0. The van der Waals surface area contributed by atoms with Crippen molar-refractivity contribution in [3.8, 4) is 0 Å². The number of rotatable bonds is 26. The van der Waals surface area contributed by atoms with Gasteiger partial charge in [-0.25, -0.2) is 0 Å². The Morgan fingerprint density at radius 2 is 0.842 bits per heavy atom. The SMILES string of the molecule is C=CCOCCOCCOCCOCCOCCOCCOCCOCCN1C(=O)c2ccccc2C1=O. The first-order chi connectivity index (χ1) is 18.8. The van der Waals surface area contributed by atoms with Crippen LogP contribution in [0.5, 0.6) is 0 Å². The quantitative estimate of drug-likeness (QED) is 0.0978. The zero-order chi connectivity index (χ0) is 27.1. The van der Waals surface area contributed by atoms with Crippen LogP contribution in [-0.2, 0) is 37.9 Å². The fraction of sp³-hybridized carbons (Fsp3) is 0.630. The average molecular weight is 540 g/mol. The lowest BCUT2D eigenvalue weighted by atomic mass is 10.1. The summed E-state index contributed by atoms with van der Waals surface area (Å²) in [5.74, 6) is -0.549. The van der Waals surface area contributed by atoms with E-state index >= 15 is 0 Å². The van der Waals surface area contributed by atoms with Gasteiger partial charge in [0, 0.05) is 0 Å². The highest BCUT2D eigenvalue weighted by molar-refractivity contribution is 6.21. The smallest absolute Gasteiger partial charge is 0.261 e. The largest absolute Gasteiger partial charge is 0.377 e. The van der Waals surface area contributed by atoms with E-state index in [0.717, 1.165) is 0 Å². The molecule has 11 nitrogen and oxygen atoms in total. The van der Waals surface area contributed by atoms with Crippen LogP contribution in [0.15, 0.2) is 36.9 Å². The Balaban J connectivity index is 1.24. The summed E-state index contributed by atoms with van der Waals surface area (Å²) < 4.78 is 43.2. The number of carbonyl (C=O) groups is 2. The number of fused-ring (bicyclic) bond motifs is 1. The fourth-order valence-electron chi connectivity index (χ4n) is 3.30. The van der Waals surface area contributed by atoms with Crippen LogP contribution < -0.4 is 0 Å². The van der Waals surface area contributed by atoms with E-state index in [4.69, 9.17) is 37.9 Å². The van der Waals surface area contributed by atoms with Crippen molar-refractivity contribution in [2.75, 3.05) is 112 Å². The molecule has 0 fully saturated rings. The summed E-state index contributed by atoms with van der Waals surface area (Å²) in [7, 11) is 0. The number of nitrogens with zero attached hydrogens (tertiary/aromatic N) is 1. The summed E-state index contributed by atoms with van der Waals surface area (Å²) in [5.41, 5.74) is 0.890. The molecule has 0 radical (unpaired) electrons. The number of ether oxygens (including phenoxy) is 8. The second-order valence-electron chi connectivity index (χ2n) is 7.96. The minimum absolute atomic E-state index is 0.220. The summed E-state index contributed by atoms with van der Waals surface area (Å²) in [6, 6.07) is 6.82. The zero-order valence-electron chi connectivity index (χ0n) is 22.1. The topological polar surface area (TPSA) is 111 Å². The summed E-state index contributed by atoms with van der Waals surface area (Å²) in [4.78, 5) is 25.7. The van der Waals surface area contributed by atoms with Crippen LogP contribution in [-0.4, -0.2) is 129 Å². The molecule has 0 bridgehead atoms. The Labute approximate surface area is 224 Å². The number of carbonyl (C=O) groups excluding carboxylic acids is 2. The third-order valence-corrected chi connectivity index (χ3v) is 5.18. The van der Waals surface area contributed by atoms with Gasteiger partial charge in [-0.3, -0.25) is 14.5 Å². The van der Waals surface area contributed by atoms with Crippen molar-refractivity contribution in [3.63, 3.8) is 0 Å². The number of imide groups is 1. The van der Waals surface area contributed by atoms with E-state index in [2.05, 4.69) is 6.58 Å². The summed E-state index contributed by atoms with van der Waals surface area (Å²) in [6.45, 7) is 11.4. The Morgan fingerprint density at radius 1 is 0.526 bits per heavy atom. The molecule has 1 aliphatic heterocycles. The molecule has 0 saturated carbocycles. The van der Waals surface area contributed by atoms with Crippen LogP contribution in [0.3, 0.4) is 0 Å². The van der Waals surface area contributed by atoms with E-state index in [-0.39, 0.29) is 25.0 Å². The van der Waals surface area contributed by atoms with Gasteiger partial charge in [-0.1, -0.05) is 18.2 Å². The number of hydrogen-bond acceptors (Lipinski definition) is 10. The Hall–Kier alpha value is -2.22. The molecular weight excluding hydrogens is 498 g/mol. The first-order valence-corrected chi connectivity index (χ1v) is 12.9. The first-order valence-electron chi connectivity index (χ1n) is 12.9. The molecule has 1 aromatic rings. The first kappa shape index (κ1) is 32.0. The zero-order valence-corrected chi connectivity index (χ0v) is 22.1. The summed E-state index contributed by atoms with van der Waals surface area (Å²) in [6.07, 6.45) is 1.70. The van der Waals surface area contributed by atoms with Crippen LogP contribution in [0, 0.1) is 0 Å². The van der Waals surface area contributed by atoms with Crippen molar-refractivity contribution in [2.45, 2.75) is 0 Å². The third kappa shape index (κ3) is 13.5. The average Bonchev–Trinajstić information content (AvgIpc) is 3.18. The van der Waals surface area contributed by atoms with E-state index in [1.165, 1.54) is 4.90 Å². The minimum Gasteiger partial charge on any atom is -0.377 e. The van der Waals surface area contributed by atoms with Crippen molar-refractivity contribution < 1.29 is 47.5 Å². The lowest BCUT2D eigenvalue weighted by molar-refractivity contribution is -0.0228. The van der Waals surface area contributed by atoms with Gasteiger partial charge in [0.25, 0.3) is 11.8 Å². The Morgan fingerprint density at radius 3 is 1.18 bits per heavy atom. The maximum Gasteiger partial charge on any atom is 0.261 e. The maximum absolute atomic E-state index is 12.3. The molecule has 1 aliphatic rings. The van der Waals surface area contributed by atoms with Gasteiger partial charge < -0.3 is 37.9 Å². The van der Waals surface area contributed by atoms with Gasteiger partial charge in [0.05, 0.1) is 123 Å². The van der Waals surface area contributed by atoms with Crippen LogP contribution in [0.4, 0.5) is 0 Å². The van der Waals surface area contributed by atoms with Crippen molar-refractivity contribution in [1.29, 1.82) is 0 Å². The number of amides is 2. The summed E-state index contributed by atoms with van der Waals surface area (Å²) in [5, 5.41) is 0. The molecule has 0 N–H and O–H groups in total. The van der Waals surface area contributed by atoms with E-state index < -0.39 is 0 Å². The molecule has 1 heterocycles. The van der Waals surface area contributed by atoms with Gasteiger partial charge >= 0.3 is 0 Å². The van der Waals surface area contributed by atoms with Crippen molar-refractivity contribution >= 4 is 11.8 Å². The molecule has 11 heteroatoms. The molecule has 0 aromatic heterocycles. The van der Waals surface area contributed by atoms with Crippen LogP contribution >= 0.6 is 0 Å². The monoisotopic (exact) mass is 539 g/mol. The molecule has 0 atom stereocenters. The lowest BCUT2D eigenvalue weighted by Crippen LogP contribution is -2.33. The van der Waals surface area contributed by atoms with Crippen molar-refractivity contribution in [2.24, 2.45) is 0 Å². The van der Waals surface area contributed by atoms with E-state index in [1.807, 2.05) is 0 Å². The van der Waals surface area contributed by atoms with E-state index in [1.54, 1.807) is 30.3 Å². The predicted octanol–water partition coefficient (Wildman–Crippen LogP) is 1.60. The highest BCUT2D eigenvalue weighted by Crippen LogP contribution is 2.21. The molecule has 1 aromatic carbocycles. The van der Waals surface area contributed by atoms with Gasteiger partial charge in [-0.05, 0) is 12.1 Å². The van der Waals surface area contributed by atoms with E-state index in [0.29, 0.717) is 110 Å². The fourth-order valence-corrected chi connectivity index (χ4v) is 3.30. The van der Waals surface area contributed by atoms with Gasteiger partial charge in [0.2, 0.25) is 0 Å². The normalized spacial score (nSPS) is 12.9. The number of benzene rings is 1. The number of hydrogen-bond donors (Lipinski definition) is 0. The molecule has 0 unspecified atom stereocenters. The molecule has 2 rings (SSSR count). The molecule has 0 spiro atoms. The maximum atomic E-state index is 12.3. The van der Waals surface area contributed by atoms with Gasteiger partial charge in [0.1, 0.15) is 0 Å². The van der Waals surface area contributed by atoms with E-state index in [9.17, 15) is 9.59 Å². The molecule has 0 aliphatic carbocycles. The van der Waals surface area contributed by atoms with Crippen molar-refractivity contribution in [1.82, 2.24) is 4.90 Å². The molecule has 214 valence electrons. The second kappa shape index (κ2) is 21.7. The lowest BCUT2D eigenvalue weighted by Gasteiger charge is -2.13. The van der Waals surface area contributed by atoms with Crippen molar-refractivity contribution in [3.05, 3.63) is 48.0 Å². The molecular formula is C27H41NO10. The van der Waals surface area contributed by atoms with Gasteiger partial charge in [-0.15, -0.1) is 6.58 Å². The van der Waals surface area contributed by atoms with Crippen LogP contribution in [0.25, 0.3) is 0 Å². The second-order valence-corrected chi connectivity index (χ2v) is 7.96. The minimum atomic E-state index is -0.274. The molecule has 0 saturated heterocycles. The molecule has 2 amide bonds. The van der Waals surface area contributed by atoms with Gasteiger partial charge in [0.15, 0.2) is 0 Å².